The van der Waals surface area contributed by atoms with Crippen molar-refractivity contribution in [2.24, 2.45) is 0 Å². The Bertz CT molecular complexity index is 1090. The van der Waals surface area contributed by atoms with Crippen LogP contribution in [0.25, 0.3) is 11.4 Å². The van der Waals surface area contributed by atoms with Gasteiger partial charge in [-0.2, -0.15) is 18.2 Å². The Morgan fingerprint density at radius 2 is 1.88 bits per heavy atom. The minimum absolute atomic E-state index is 0.00456. The van der Waals surface area contributed by atoms with Crippen LogP contribution in [0, 0.1) is 5.82 Å². The van der Waals surface area contributed by atoms with Crippen molar-refractivity contribution in [2.45, 2.75) is 24.9 Å². The number of aromatic nitrogens is 2. The molecule has 1 fully saturated rings. The van der Waals surface area contributed by atoms with Crippen LogP contribution in [0.4, 0.5) is 23.2 Å². The van der Waals surface area contributed by atoms with E-state index in [0.29, 0.717) is 43.2 Å². The lowest BCUT2D eigenvalue weighted by molar-refractivity contribution is -0.137. The Kier molecular flexibility index (Phi) is 6.22. The molecule has 0 atom stereocenters. The van der Waals surface area contributed by atoms with Gasteiger partial charge in [0, 0.05) is 11.5 Å². The normalized spacial score (nSPS) is 15.6. The molecule has 1 aliphatic rings. The number of alkyl halides is 3. The zero-order valence-electron chi connectivity index (χ0n) is 16.9. The van der Waals surface area contributed by atoms with Crippen molar-refractivity contribution in [3.8, 4) is 11.4 Å². The van der Waals surface area contributed by atoms with Crippen LogP contribution in [-0.2, 0) is 11.0 Å². The van der Waals surface area contributed by atoms with Crippen molar-refractivity contribution < 1.29 is 26.9 Å². The third kappa shape index (κ3) is 5.13. The van der Waals surface area contributed by atoms with E-state index in [1.807, 2.05) is 4.90 Å². The van der Waals surface area contributed by atoms with Crippen molar-refractivity contribution in [2.75, 3.05) is 25.0 Å². The summed E-state index contributed by atoms with van der Waals surface area (Å²) in [7, 11) is 0. The van der Waals surface area contributed by atoms with Gasteiger partial charge in [-0.1, -0.05) is 29.4 Å². The maximum Gasteiger partial charge on any atom is 0.418 e. The molecule has 1 aromatic heterocycles. The molecule has 1 N–H and O–H groups in total. The maximum atomic E-state index is 13.4. The van der Waals surface area contributed by atoms with E-state index in [0.717, 1.165) is 6.07 Å². The summed E-state index contributed by atoms with van der Waals surface area (Å²) in [4.78, 5) is 18.5. The Morgan fingerprint density at radius 1 is 1.12 bits per heavy atom. The highest BCUT2D eigenvalue weighted by molar-refractivity contribution is 5.93. The molecule has 0 radical (unpaired) electrons. The number of hydrogen-bond acceptors (Lipinski definition) is 5. The predicted octanol–water partition coefficient (Wildman–Crippen LogP) is 4.71. The monoisotopic (exact) mass is 448 g/mol. The summed E-state index contributed by atoms with van der Waals surface area (Å²) in [6, 6.07) is 10.8. The number of amides is 1. The van der Waals surface area contributed by atoms with Gasteiger partial charge in [0.05, 0.1) is 17.8 Å². The first-order valence-electron chi connectivity index (χ1n) is 10.1. The fourth-order valence-corrected chi connectivity index (χ4v) is 3.72. The number of hydrogen-bond donors (Lipinski definition) is 1. The number of likely N-dealkylation sites (tertiary alicyclic amines) is 1. The van der Waals surface area contributed by atoms with Crippen molar-refractivity contribution in [3.05, 3.63) is 65.8 Å². The van der Waals surface area contributed by atoms with Gasteiger partial charge < -0.3 is 9.84 Å². The molecule has 6 nitrogen and oxygen atoms in total. The van der Waals surface area contributed by atoms with Gasteiger partial charge in [-0.25, -0.2) is 4.39 Å². The molecule has 32 heavy (non-hydrogen) atoms. The van der Waals surface area contributed by atoms with Crippen molar-refractivity contribution in [3.63, 3.8) is 0 Å². The summed E-state index contributed by atoms with van der Waals surface area (Å²) in [5.41, 5.74) is -0.610. The molecule has 1 aliphatic heterocycles. The van der Waals surface area contributed by atoms with Crippen molar-refractivity contribution in [1.29, 1.82) is 0 Å². The lowest BCUT2D eigenvalue weighted by Crippen LogP contribution is -2.39. The minimum atomic E-state index is -4.54. The van der Waals surface area contributed by atoms with E-state index in [1.165, 1.54) is 30.3 Å². The molecule has 2 heterocycles. The number of halogens is 4. The van der Waals surface area contributed by atoms with Crippen molar-refractivity contribution in [1.82, 2.24) is 15.0 Å². The Morgan fingerprint density at radius 3 is 2.59 bits per heavy atom. The van der Waals surface area contributed by atoms with Crippen molar-refractivity contribution >= 4 is 11.6 Å². The lowest BCUT2D eigenvalue weighted by atomic mass is 9.97. The van der Waals surface area contributed by atoms with Crippen LogP contribution in [0.15, 0.2) is 53.1 Å². The number of carbonyl (C=O) groups excluding carboxylic acids is 1. The maximum absolute atomic E-state index is 13.4. The smallest absolute Gasteiger partial charge is 0.339 e. The van der Waals surface area contributed by atoms with Gasteiger partial charge >= 0.3 is 6.18 Å². The summed E-state index contributed by atoms with van der Waals surface area (Å²) < 4.78 is 58.0. The first-order chi connectivity index (χ1) is 15.3. The second kappa shape index (κ2) is 9.07. The van der Waals surface area contributed by atoms with Crippen LogP contribution >= 0.6 is 0 Å². The first-order valence-corrected chi connectivity index (χ1v) is 10.1. The molecule has 10 heteroatoms. The molecule has 0 aliphatic carbocycles. The fraction of sp³-hybridized carbons (Fsp3) is 0.318. The molecule has 0 saturated carbocycles. The zero-order valence-corrected chi connectivity index (χ0v) is 16.9. The van der Waals surface area contributed by atoms with E-state index in [1.54, 1.807) is 12.1 Å². The van der Waals surface area contributed by atoms with E-state index in [4.69, 9.17) is 4.52 Å². The van der Waals surface area contributed by atoms with Crippen LogP contribution in [0.3, 0.4) is 0 Å². The first kappa shape index (κ1) is 21.9. The molecule has 3 aromatic rings. The van der Waals surface area contributed by atoms with Gasteiger partial charge in [-0.05, 0) is 50.2 Å². The predicted molar refractivity (Wildman–Crippen MR) is 108 cm³/mol. The molecule has 1 amide bonds. The van der Waals surface area contributed by atoms with E-state index in [2.05, 4.69) is 15.5 Å². The Labute approximate surface area is 181 Å². The summed E-state index contributed by atoms with van der Waals surface area (Å²) in [5.74, 6) is -0.142. The van der Waals surface area contributed by atoms with Gasteiger partial charge in [0.2, 0.25) is 17.6 Å². The summed E-state index contributed by atoms with van der Waals surface area (Å²) in [6.07, 6.45) is -3.24. The number of benzene rings is 2. The van der Waals surface area contributed by atoms with Gasteiger partial charge in [-0.3, -0.25) is 9.69 Å². The summed E-state index contributed by atoms with van der Waals surface area (Å²) >= 11 is 0. The highest BCUT2D eigenvalue weighted by Crippen LogP contribution is 2.34. The number of piperidine rings is 1. The molecule has 2 aromatic carbocycles. The molecule has 1 saturated heterocycles. The fourth-order valence-electron chi connectivity index (χ4n) is 3.72. The summed E-state index contributed by atoms with van der Waals surface area (Å²) in [5, 5.41) is 6.28. The van der Waals surface area contributed by atoms with Gasteiger partial charge in [0.25, 0.3) is 0 Å². The van der Waals surface area contributed by atoms with E-state index >= 15 is 0 Å². The second-order valence-electron chi connectivity index (χ2n) is 7.61. The average Bonchev–Trinajstić information content (AvgIpc) is 3.24. The number of nitrogens with one attached hydrogen (secondary N) is 1. The molecule has 4 rings (SSSR count). The number of para-hydroxylation sites is 1. The molecule has 0 spiro atoms. The quantitative estimate of drug-likeness (QED) is 0.573. The topological polar surface area (TPSA) is 71.3 Å². The highest BCUT2D eigenvalue weighted by Gasteiger charge is 2.34. The van der Waals surface area contributed by atoms with Crippen LogP contribution in [0.2, 0.25) is 0 Å². The molecular weight excluding hydrogens is 428 g/mol. The van der Waals surface area contributed by atoms with E-state index < -0.39 is 23.5 Å². The molecular formula is C22H20F4N4O2. The SMILES string of the molecule is O=C(CN1CCC(c2nc(-c3cccc(F)c3)no2)CC1)Nc1ccccc1C(F)(F)F. The van der Waals surface area contributed by atoms with Crippen LogP contribution in [0.5, 0.6) is 0 Å². The molecule has 0 unspecified atom stereocenters. The molecule has 0 bridgehead atoms. The Balaban J connectivity index is 1.32. The molecule has 168 valence electrons. The van der Waals surface area contributed by atoms with E-state index in [9.17, 15) is 22.4 Å². The van der Waals surface area contributed by atoms with Crippen LogP contribution in [0.1, 0.15) is 30.2 Å². The third-order valence-corrected chi connectivity index (χ3v) is 5.34. The number of nitrogens with zero attached hydrogens (tertiary/aromatic N) is 3. The van der Waals surface area contributed by atoms with Crippen LogP contribution < -0.4 is 5.32 Å². The average molecular weight is 448 g/mol. The van der Waals surface area contributed by atoms with Gasteiger partial charge in [0.15, 0.2) is 0 Å². The van der Waals surface area contributed by atoms with E-state index in [-0.39, 0.29) is 18.2 Å². The number of carbonyl (C=O) groups is 1. The minimum Gasteiger partial charge on any atom is -0.339 e. The highest BCUT2D eigenvalue weighted by atomic mass is 19.4. The van der Waals surface area contributed by atoms with Crippen LogP contribution in [-0.4, -0.2) is 40.6 Å². The second-order valence-corrected chi connectivity index (χ2v) is 7.61. The Hall–Kier alpha value is -3.27. The number of anilines is 1. The zero-order chi connectivity index (χ0) is 22.7. The lowest BCUT2D eigenvalue weighted by Gasteiger charge is -2.29. The van der Waals surface area contributed by atoms with Gasteiger partial charge in [-0.15, -0.1) is 0 Å². The van der Waals surface area contributed by atoms with Gasteiger partial charge in [0.1, 0.15) is 5.82 Å². The summed E-state index contributed by atoms with van der Waals surface area (Å²) in [6.45, 7) is 1.09. The number of rotatable bonds is 5. The largest absolute Gasteiger partial charge is 0.418 e. The third-order valence-electron chi connectivity index (χ3n) is 5.34. The standard InChI is InChI=1S/C22H20F4N4O2/c23-16-5-3-4-15(12-16)20-28-21(32-29-20)14-8-10-30(11-9-14)13-19(31)27-18-7-2-1-6-17(18)22(24,25)26/h1-7,12,14H,8-11,13H2,(H,27,31).